The van der Waals surface area contributed by atoms with Crippen molar-refractivity contribution in [2.24, 2.45) is 7.05 Å². The van der Waals surface area contributed by atoms with Crippen LogP contribution in [0.1, 0.15) is 41.4 Å². The summed E-state index contributed by atoms with van der Waals surface area (Å²) in [7, 11) is 3.56. The Morgan fingerprint density at radius 2 is 1.79 bits per heavy atom. The molecule has 5 rings (SSSR count). The lowest BCUT2D eigenvalue weighted by atomic mass is 9.98. The van der Waals surface area contributed by atoms with Crippen molar-refractivity contribution in [1.29, 1.82) is 0 Å². The summed E-state index contributed by atoms with van der Waals surface area (Å²) in [6.07, 6.45) is -0.362. The molecule has 0 bridgehead atoms. The van der Waals surface area contributed by atoms with Crippen LogP contribution >= 0.6 is 0 Å². The van der Waals surface area contributed by atoms with Crippen LogP contribution in [0, 0.1) is 0 Å². The van der Waals surface area contributed by atoms with Gasteiger partial charge < -0.3 is 15.0 Å². The molecule has 1 aliphatic rings. The molecule has 1 fully saturated rings. The summed E-state index contributed by atoms with van der Waals surface area (Å²) < 4.78 is 47.0. The molecule has 4 aromatic rings. The first kappa shape index (κ1) is 26.7. The number of hydrogen-bond acceptors (Lipinski definition) is 5. The van der Waals surface area contributed by atoms with Crippen LogP contribution in [0.25, 0.3) is 22.2 Å². The normalized spacial score (nSPS) is 15.0. The standard InChI is InChI=1S/C29H30F3N5O2/c1-4-18-15-19(5-7-23(18)28(38)34-20-10-13-36(2)14-11-20)25-16-22(9-12-33-25)39-21-6-8-24-26(17-21)37(3)35-27(24)29(30,31)32/h5-9,12,15-17,20H,4,10-11,13-14H2,1-3H3,(H,34,38). The van der Waals surface area contributed by atoms with Crippen LogP contribution in [0.15, 0.2) is 54.7 Å². The Morgan fingerprint density at radius 1 is 1.05 bits per heavy atom. The van der Waals surface area contributed by atoms with Crippen LogP contribution in [-0.2, 0) is 19.6 Å². The van der Waals surface area contributed by atoms with E-state index in [4.69, 9.17) is 4.74 Å². The fraction of sp³-hybridized carbons (Fsp3) is 0.345. The molecule has 0 spiro atoms. The molecule has 1 amide bonds. The molecule has 0 radical (unpaired) electrons. The second kappa shape index (κ2) is 10.7. The number of carbonyl (C=O) groups excluding carboxylic acids is 1. The number of pyridine rings is 1. The molecule has 0 unspecified atom stereocenters. The Bertz CT molecular complexity index is 1510. The lowest BCUT2D eigenvalue weighted by Gasteiger charge is -2.29. The molecule has 1 N–H and O–H groups in total. The van der Waals surface area contributed by atoms with E-state index in [9.17, 15) is 18.0 Å². The van der Waals surface area contributed by atoms with Crippen molar-refractivity contribution in [2.45, 2.75) is 38.4 Å². The van der Waals surface area contributed by atoms with Crippen LogP contribution in [-0.4, -0.2) is 51.8 Å². The average molecular weight is 538 g/mol. The van der Waals surface area contributed by atoms with Gasteiger partial charge in [-0.2, -0.15) is 18.3 Å². The van der Waals surface area contributed by atoms with Crippen molar-refractivity contribution >= 4 is 16.8 Å². The second-order valence-electron chi connectivity index (χ2n) is 9.90. The summed E-state index contributed by atoms with van der Waals surface area (Å²) >= 11 is 0. The molecule has 39 heavy (non-hydrogen) atoms. The van der Waals surface area contributed by atoms with Crippen molar-refractivity contribution in [3.05, 3.63) is 71.5 Å². The van der Waals surface area contributed by atoms with Crippen LogP contribution in [0.4, 0.5) is 13.2 Å². The van der Waals surface area contributed by atoms with E-state index >= 15 is 0 Å². The fourth-order valence-corrected chi connectivity index (χ4v) is 4.96. The molecule has 204 valence electrons. The monoisotopic (exact) mass is 537 g/mol. The zero-order valence-electron chi connectivity index (χ0n) is 22.0. The summed E-state index contributed by atoms with van der Waals surface area (Å²) in [5.41, 5.74) is 2.47. The van der Waals surface area contributed by atoms with E-state index in [-0.39, 0.29) is 17.3 Å². The number of fused-ring (bicyclic) bond motifs is 1. The van der Waals surface area contributed by atoms with E-state index in [1.807, 2.05) is 25.1 Å². The number of rotatable bonds is 6. The largest absolute Gasteiger partial charge is 0.457 e. The first-order valence-electron chi connectivity index (χ1n) is 12.9. The maximum Gasteiger partial charge on any atom is 0.435 e. The molecule has 3 heterocycles. The van der Waals surface area contributed by atoms with Gasteiger partial charge in [0, 0.05) is 47.9 Å². The average Bonchev–Trinajstić information content (AvgIpc) is 3.26. The maximum absolute atomic E-state index is 13.3. The smallest absolute Gasteiger partial charge is 0.435 e. The lowest BCUT2D eigenvalue weighted by Crippen LogP contribution is -2.43. The minimum atomic E-state index is -4.54. The highest BCUT2D eigenvalue weighted by molar-refractivity contribution is 5.96. The van der Waals surface area contributed by atoms with Gasteiger partial charge in [0.25, 0.3) is 5.91 Å². The van der Waals surface area contributed by atoms with Gasteiger partial charge in [0.1, 0.15) is 11.5 Å². The van der Waals surface area contributed by atoms with Crippen LogP contribution < -0.4 is 10.1 Å². The zero-order chi connectivity index (χ0) is 27.7. The van der Waals surface area contributed by atoms with Gasteiger partial charge in [-0.15, -0.1) is 0 Å². The summed E-state index contributed by atoms with van der Waals surface area (Å²) in [5, 5.41) is 6.83. The predicted octanol–water partition coefficient (Wildman–Crippen LogP) is 5.83. The number of nitrogens with one attached hydrogen (secondary N) is 1. The molecule has 7 nitrogen and oxygen atoms in total. The number of likely N-dealkylation sites (tertiary alicyclic amines) is 1. The third-order valence-electron chi connectivity index (χ3n) is 7.14. The van der Waals surface area contributed by atoms with Gasteiger partial charge >= 0.3 is 6.18 Å². The van der Waals surface area contributed by atoms with Crippen molar-refractivity contribution in [3.8, 4) is 22.8 Å². The van der Waals surface area contributed by atoms with Crippen molar-refractivity contribution in [3.63, 3.8) is 0 Å². The van der Waals surface area contributed by atoms with Gasteiger partial charge in [0.15, 0.2) is 5.69 Å². The zero-order valence-corrected chi connectivity index (χ0v) is 22.0. The molecule has 2 aromatic heterocycles. The van der Waals surface area contributed by atoms with E-state index in [2.05, 4.69) is 27.3 Å². The Balaban J connectivity index is 1.35. The van der Waals surface area contributed by atoms with Gasteiger partial charge in [-0.3, -0.25) is 14.5 Å². The lowest BCUT2D eigenvalue weighted by molar-refractivity contribution is -0.140. The Morgan fingerprint density at radius 3 is 2.51 bits per heavy atom. The number of amides is 1. The van der Waals surface area contributed by atoms with Gasteiger partial charge in [-0.1, -0.05) is 13.0 Å². The summed E-state index contributed by atoms with van der Waals surface area (Å²) in [4.78, 5) is 19.8. The Hall–Kier alpha value is -3.92. The number of ether oxygens (including phenoxy) is 1. The highest BCUT2D eigenvalue weighted by Crippen LogP contribution is 2.36. The van der Waals surface area contributed by atoms with Crippen molar-refractivity contribution in [2.75, 3.05) is 20.1 Å². The Kier molecular flexibility index (Phi) is 7.31. The summed E-state index contributed by atoms with van der Waals surface area (Å²) in [5.74, 6) is 0.809. The number of aryl methyl sites for hydroxylation is 2. The molecule has 10 heteroatoms. The fourth-order valence-electron chi connectivity index (χ4n) is 4.96. The number of aromatic nitrogens is 3. The number of hydrogen-bond donors (Lipinski definition) is 1. The van der Waals surface area contributed by atoms with Gasteiger partial charge in [-0.05, 0) is 75.3 Å². The van der Waals surface area contributed by atoms with E-state index in [0.29, 0.717) is 34.7 Å². The number of halogens is 3. The van der Waals surface area contributed by atoms with Crippen LogP contribution in [0.2, 0.25) is 0 Å². The summed E-state index contributed by atoms with van der Waals surface area (Å²) in [6, 6.07) is 13.7. The molecular weight excluding hydrogens is 507 g/mol. The molecule has 1 aliphatic heterocycles. The summed E-state index contributed by atoms with van der Waals surface area (Å²) in [6.45, 7) is 3.95. The highest BCUT2D eigenvalue weighted by atomic mass is 19.4. The maximum atomic E-state index is 13.3. The van der Waals surface area contributed by atoms with Gasteiger partial charge in [0.05, 0.1) is 11.2 Å². The van der Waals surface area contributed by atoms with E-state index in [1.165, 1.54) is 29.9 Å². The van der Waals surface area contributed by atoms with Gasteiger partial charge in [-0.25, -0.2) is 0 Å². The molecule has 0 saturated carbocycles. The second-order valence-corrected chi connectivity index (χ2v) is 9.90. The molecule has 0 aliphatic carbocycles. The van der Waals surface area contributed by atoms with E-state index in [0.717, 1.165) is 37.1 Å². The topological polar surface area (TPSA) is 72.3 Å². The number of nitrogens with zero attached hydrogens (tertiary/aromatic N) is 4. The SMILES string of the molecule is CCc1cc(-c2cc(Oc3ccc4c(C(F)(F)F)nn(C)c4c3)ccn2)ccc1C(=O)NC1CCN(C)CC1. The van der Waals surface area contributed by atoms with Crippen LogP contribution in [0.5, 0.6) is 11.5 Å². The van der Waals surface area contributed by atoms with Crippen molar-refractivity contribution < 1.29 is 22.7 Å². The number of benzene rings is 2. The first-order valence-corrected chi connectivity index (χ1v) is 12.9. The van der Waals surface area contributed by atoms with E-state index < -0.39 is 11.9 Å². The van der Waals surface area contributed by atoms with E-state index in [1.54, 1.807) is 18.3 Å². The van der Waals surface area contributed by atoms with Crippen molar-refractivity contribution in [1.82, 2.24) is 25.0 Å². The quantitative estimate of drug-likeness (QED) is 0.335. The number of alkyl halides is 3. The third-order valence-corrected chi connectivity index (χ3v) is 7.14. The molecule has 1 saturated heterocycles. The predicted molar refractivity (Wildman–Crippen MR) is 143 cm³/mol. The van der Waals surface area contributed by atoms with Gasteiger partial charge in [0.2, 0.25) is 0 Å². The minimum absolute atomic E-state index is 0.0137. The number of piperidine rings is 1. The molecule has 2 aromatic carbocycles. The molecule has 0 atom stereocenters. The third kappa shape index (κ3) is 5.75. The number of carbonyl (C=O) groups is 1. The first-order chi connectivity index (χ1) is 18.6. The minimum Gasteiger partial charge on any atom is -0.457 e. The van der Waals surface area contributed by atoms with Crippen LogP contribution in [0.3, 0.4) is 0 Å². The highest BCUT2D eigenvalue weighted by Gasteiger charge is 2.36. The Labute approximate surface area is 224 Å². The molecular formula is C29H30F3N5O2.